The molecule has 21 heavy (non-hydrogen) atoms. The van der Waals surface area contributed by atoms with Crippen LogP contribution in [0.15, 0.2) is 17.1 Å². The highest BCUT2D eigenvalue weighted by Gasteiger charge is 2.39. The lowest BCUT2D eigenvalue weighted by molar-refractivity contribution is 0.266. The van der Waals surface area contributed by atoms with Crippen LogP contribution in [0.25, 0.3) is 0 Å². The SMILES string of the molecule is CC1CCCC2(CSC(Nc3c(Cl)cc(Cl)cc3Cl)=N2)C1. The standard InChI is InChI=1S/C15H17Cl3N2S/c1-9-3-2-4-15(7-9)8-21-14(20-15)19-13-11(17)5-10(16)6-12(13)18/h5-6,9H,2-4,7-8H2,1H3,(H,19,20). The number of amidine groups is 1. The zero-order valence-corrected chi connectivity index (χ0v) is 14.8. The first-order valence-electron chi connectivity index (χ1n) is 7.12. The molecule has 1 aliphatic heterocycles. The van der Waals surface area contributed by atoms with Gasteiger partial charge in [0.05, 0.1) is 21.3 Å². The molecule has 2 unspecified atom stereocenters. The van der Waals surface area contributed by atoms with Crippen LogP contribution < -0.4 is 5.32 Å². The van der Waals surface area contributed by atoms with Crippen molar-refractivity contribution in [3.8, 4) is 0 Å². The van der Waals surface area contributed by atoms with Gasteiger partial charge in [0, 0.05) is 10.8 Å². The van der Waals surface area contributed by atoms with E-state index in [1.165, 1.54) is 25.7 Å². The van der Waals surface area contributed by atoms with Crippen LogP contribution in [0.2, 0.25) is 15.1 Å². The maximum Gasteiger partial charge on any atom is 0.161 e. The molecule has 0 aromatic heterocycles. The third kappa shape index (κ3) is 3.47. The number of aliphatic imine (C=N–C) groups is 1. The highest BCUT2D eigenvalue weighted by Crippen LogP contribution is 2.43. The van der Waals surface area contributed by atoms with E-state index in [9.17, 15) is 0 Å². The molecular formula is C15H17Cl3N2S. The van der Waals surface area contributed by atoms with Crippen LogP contribution in [-0.4, -0.2) is 16.5 Å². The van der Waals surface area contributed by atoms with Crippen LogP contribution in [0.1, 0.15) is 32.6 Å². The Morgan fingerprint density at radius 1 is 1.29 bits per heavy atom. The van der Waals surface area contributed by atoms with Crippen molar-refractivity contribution < 1.29 is 0 Å². The van der Waals surface area contributed by atoms with Crippen LogP contribution in [0.5, 0.6) is 0 Å². The lowest BCUT2D eigenvalue weighted by Crippen LogP contribution is -2.33. The van der Waals surface area contributed by atoms with E-state index in [1.54, 1.807) is 23.9 Å². The first-order valence-corrected chi connectivity index (χ1v) is 9.24. The van der Waals surface area contributed by atoms with Crippen molar-refractivity contribution in [1.29, 1.82) is 0 Å². The topological polar surface area (TPSA) is 24.4 Å². The summed E-state index contributed by atoms with van der Waals surface area (Å²) in [6.07, 6.45) is 4.94. The molecule has 0 amide bonds. The molecule has 0 bridgehead atoms. The number of rotatable bonds is 1. The molecule has 1 saturated carbocycles. The van der Waals surface area contributed by atoms with E-state index >= 15 is 0 Å². The van der Waals surface area contributed by atoms with Crippen LogP contribution in [0.3, 0.4) is 0 Å². The van der Waals surface area contributed by atoms with E-state index in [0.717, 1.165) is 16.8 Å². The average Bonchev–Trinajstić information content (AvgIpc) is 2.76. The molecule has 6 heteroatoms. The Morgan fingerprint density at radius 3 is 2.67 bits per heavy atom. The summed E-state index contributed by atoms with van der Waals surface area (Å²) in [4.78, 5) is 4.95. The zero-order chi connectivity index (χ0) is 15.0. The number of nitrogens with zero attached hydrogens (tertiary/aromatic N) is 1. The summed E-state index contributed by atoms with van der Waals surface area (Å²) >= 11 is 20.1. The van der Waals surface area contributed by atoms with Crippen molar-refractivity contribution in [2.24, 2.45) is 10.9 Å². The first-order chi connectivity index (χ1) is 9.97. The fourth-order valence-corrected chi connectivity index (χ4v) is 5.26. The van der Waals surface area contributed by atoms with Gasteiger partial charge in [-0.15, -0.1) is 0 Å². The highest BCUT2D eigenvalue weighted by atomic mass is 35.5. The van der Waals surface area contributed by atoms with Gasteiger partial charge in [-0.2, -0.15) is 0 Å². The second kappa shape index (κ2) is 6.19. The second-order valence-corrected chi connectivity index (χ2v) is 8.22. The summed E-state index contributed by atoms with van der Waals surface area (Å²) < 4.78 is 0. The van der Waals surface area contributed by atoms with Gasteiger partial charge in [0.1, 0.15) is 0 Å². The Hall–Kier alpha value is -0.0900. The van der Waals surface area contributed by atoms with Gasteiger partial charge in [0.15, 0.2) is 5.17 Å². The monoisotopic (exact) mass is 362 g/mol. The van der Waals surface area contributed by atoms with E-state index < -0.39 is 0 Å². The number of nitrogens with one attached hydrogen (secondary N) is 1. The molecular weight excluding hydrogens is 347 g/mol. The average molecular weight is 364 g/mol. The smallest absolute Gasteiger partial charge is 0.161 e. The van der Waals surface area contributed by atoms with Gasteiger partial charge >= 0.3 is 0 Å². The summed E-state index contributed by atoms with van der Waals surface area (Å²) in [5.41, 5.74) is 0.797. The van der Waals surface area contributed by atoms with Gasteiger partial charge in [-0.3, -0.25) is 4.99 Å². The molecule has 1 aliphatic carbocycles. The molecule has 0 saturated heterocycles. The van der Waals surface area contributed by atoms with Gasteiger partial charge < -0.3 is 5.32 Å². The summed E-state index contributed by atoms with van der Waals surface area (Å²) in [7, 11) is 0. The van der Waals surface area contributed by atoms with Crippen molar-refractivity contribution in [2.75, 3.05) is 11.1 Å². The Kier molecular flexibility index (Phi) is 4.66. The van der Waals surface area contributed by atoms with E-state index in [0.29, 0.717) is 20.8 Å². The van der Waals surface area contributed by atoms with Crippen molar-refractivity contribution in [1.82, 2.24) is 0 Å². The fourth-order valence-electron chi connectivity index (χ4n) is 3.18. The normalized spacial score (nSPS) is 28.8. The van der Waals surface area contributed by atoms with Gasteiger partial charge in [0.25, 0.3) is 0 Å². The fraction of sp³-hybridized carbons (Fsp3) is 0.533. The number of hydrogen-bond acceptors (Lipinski definition) is 3. The van der Waals surface area contributed by atoms with Gasteiger partial charge in [-0.05, 0) is 30.9 Å². The van der Waals surface area contributed by atoms with Gasteiger partial charge in [-0.25, -0.2) is 0 Å². The molecule has 1 aromatic carbocycles. The van der Waals surface area contributed by atoms with E-state index in [2.05, 4.69) is 12.2 Å². The maximum atomic E-state index is 6.22. The molecule has 2 aliphatic rings. The lowest BCUT2D eigenvalue weighted by atomic mass is 9.78. The molecule has 0 radical (unpaired) electrons. The minimum Gasteiger partial charge on any atom is -0.333 e. The quantitative estimate of drug-likeness (QED) is 0.651. The predicted octanol–water partition coefficient (Wildman–Crippen LogP) is 6.11. The van der Waals surface area contributed by atoms with Crippen LogP contribution in [0.4, 0.5) is 5.69 Å². The van der Waals surface area contributed by atoms with Gasteiger partial charge in [-0.1, -0.05) is 66.3 Å². The summed E-state index contributed by atoms with van der Waals surface area (Å²) in [5, 5.41) is 5.77. The van der Waals surface area contributed by atoms with Crippen molar-refractivity contribution in [3.05, 3.63) is 27.2 Å². The predicted molar refractivity (Wildman–Crippen MR) is 95.4 cm³/mol. The van der Waals surface area contributed by atoms with Crippen molar-refractivity contribution in [3.63, 3.8) is 0 Å². The Labute approximate surface area is 144 Å². The molecule has 1 heterocycles. The zero-order valence-electron chi connectivity index (χ0n) is 11.8. The highest BCUT2D eigenvalue weighted by molar-refractivity contribution is 8.14. The third-order valence-electron chi connectivity index (χ3n) is 4.12. The molecule has 1 fully saturated rings. The van der Waals surface area contributed by atoms with E-state index in [4.69, 9.17) is 39.8 Å². The Morgan fingerprint density at radius 2 is 2.00 bits per heavy atom. The Balaban J connectivity index is 1.80. The second-order valence-electron chi connectivity index (χ2n) is 6.00. The third-order valence-corrected chi connectivity index (χ3v) is 6.09. The summed E-state index contributed by atoms with van der Waals surface area (Å²) in [6, 6.07) is 3.38. The maximum absolute atomic E-state index is 6.22. The lowest BCUT2D eigenvalue weighted by Gasteiger charge is -2.33. The molecule has 114 valence electrons. The van der Waals surface area contributed by atoms with Crippen LogP contribution >= 0.6 is 46.6 Å². The molecule has 1 N–H and O–H groups in total. The van der Waals surface area contributed by atoms with E-state index in [-0.39, 0.29) is 5.54 Å². The van der Waals surface area contributed by atoms with Crippen LogP contribution in [0, 0.1) is 5.92 Å². The number of benzene rings is 1. The molecule has 2 atom stereocenters. The largest absolute Gasteiger partial charge is 0.333 e. The van der Waals surface area contributed by atoms with Crippen molar-refractivity contribution in [2.45, 2.75) is 38.1 Å². The number of halogens is 3. The number of thioether (sulfide) groups is 1. The number of anilines is 1. The molecule has 2 nitrogen and oxygen atoms in total. The van der Waals surface area contributed by atoms with E-state index in [1.807, 2.05) is 0 Å². The molecule has 3 rings (SSSR count). The molecule has 1 spiro atoms. The summed E-state index contributed by atoms with van der Waals surface area (Å²) in [5.74, 6) is 1.80. The summed E-state index contributed by atoms with van der Waals surface area (Å²) in [6.45, 7) is 2.32. The van der Waals surface area contributed by atoms with Crippen LogP contribution in [-0.2, 0) is 0 Å². The van der Waals surface area contributed by atoms with Gasteiger partial charge in [0.2, 0.25) is 0 Å². The minimum atomic E-state index is 0.107. The first kappa shape index (κ1) is 15.8. The minimum absolute atomic E-state index is 0.107. The molecule has 1 aromatic rings. The Bertz CT molecular complexity index is 567. The van der Waals surface area contributed by atoms with Crippen molar-refractivity contribution >= 4 is 57.4 Å². The number of hydrogen-bond donors (Lipinski definition) is 1.